The fourth-order valence-electron chi connectivity index (χ4n) is 1.89. The largest absolute Gasteiger partial charge is 0.464 e. The van der Waals surface area contributed by atoms with E-state index in [9.17, 15) is 0 Å². The summed E-state index contributed by atoms with van der Waals surface area (Å²) in [4.78, 5) is 0. The molecule has 1 heterocycles. The van der Waals surface area contributed by atoms with Gasteiger partial charge < -0.3 is 9.73 Å². The first kappa shape index (κ1) is 15.8. The smallest absolute Gasteiger partial charge is 0.118 e. The van der Waals surface area contributed by atoms with Crippen LogP contribution in [0.1, 0.15) is 30.0 Å². The van der Waals surface area contributed by atoms with Crippen molar-refractivity contribution in [2.75, 3.05) is 6.26 Å². The third-order valence-corrected chi connectivity index (χ3v) is 4.34. The summed E-state index contributed by atoms with van der Waals surface area (Å²) in [6.07, 6.45) is 2.06. The van der Waals surface area contributed by atoms with E-state index in [0.717, 1.165) is 22.8 Å². The fourth-order valence-corrected chi connectivity index (χ4v) is 2.64. The molecule has 2 rings (SSSR count). The van der Waals surface area contributed by atoms with Gasteiger partial charge in [0.1, 0.15) is 11.5 Å². The second-order valence-corrected chi connectivity index (χ2v) is 6.26. The summed E-state index contributed by atoms with van der Waals surface area (Å²) in [5.41, 5.74) is 1.11. The fraction of sp³-hybridized carbons (Fsp3) is 0.333. The number of benzene rings is 1. The zero-order valence-corrected chi connectivity index (χ0v) is 13.8. The van der Waals surface area contributed by atoms with E-state index >= 15 is 0 Å². The van der Waals surface area contributed by atoms with Gasteiger partial charge in [-0.2, -0.15) is 11.8 Å². The molecular weight excluding hydrogens is 313 g/mol. The third-order valence-electron chi connectivity index (χ3n) is 3.03. The number of furan rings is 1. The van der Waals surface area contributed by atoms with Crippen LogP contribution in [0.5, 0.6) is 0 Å². The van der Waals surface area contributed by atoms with Gasteiger partial charge in [-0.3, -0.25) is 0 Å². The number of halogens is 2. The molecule has 0 bridgehead atoms. The van der Waals surface area contributed by atoms with Crippen molar-refractivity contribution in [2.24, 2.45) is 0 Å². The third kappa shape index (κ3) is 4.19. The van der Waals surface area contributed by atoms with Crippen LogP contribution in [0.3, 0.4) is 0 Å². The molecule has 2 nitrogen and oxygen atoms in total. The maximum atomic E-state index is 6.03. The second kappa shape index (κ2) is 7.41. The summed E-state index contributed by atoms with van der Waals surface area (Å²) in [5.74, 6) is 2.86. The van der Waals surface area contributed by atoms with Gasteiger partial charge in [0.15, 0.2) is 0 Å². The number of rotatable bonds is 6. The van der Waals surface area contributed by atoms with E-state index in [-0.39, 0.29) is 6.04 Å². The summed E-state index contributed by atoms with van der Waals surface area (Å²) in [5, 5.41) is 4.58. The van der Waals surface area contributed by atoms with Crippen LogP contribution in [0, 0.1) is 0 Å². The molecule has 2 aromatic rings. The lowest BCUT2D eigenvalue weighted by atomic mass is 10.1. The first-order chi connectivity index (χ1) is 9.60. The lowest BCUT2D eigenvalue weighted by Crippen LogP contribution is -2.17. The lowest BCUT2D eigenvalue weighted by molar-refractivity contribution is 0.442. The lowest BCUT2D eigenvalue weighted by Gasteiger charge is -2.14. The van der Waals surface area contributed by atoms with E-state index in [1.807, 2.05) is 30.3 Å². The summed E-state index contributed by atoms with van der Waals surface area (Å²) < 4.78 is 5.72. The molecule has 1 aromatic carbocycles. The SMILES string of the molecule is CSCc1ccc(CNC(C)c2ccc(Cl)c(Cl)c2)o1. The van der Waals surface area contributed by atoms with Crippen LogP contribution < -0.4 is 5.32 Å². The maximum Gasteiger partial charge on any atom is 0.118 e. The van der Waals surface area contributed by atoms with Crippen molar-refractivity contribution in [1.82, 2.24) is 5.32 Å². The van der Waals surface area contributed by atoms with Crippen molar-refractivity contribution in [2.45, 2.75) is 25.3 Å². The van der Waals surface area contributed by atoms with Crippen LogP contribution in [0.25, 0.3) is 0 Å². The molecule has 0 saturated carbocycles. The summed E-state index contributed by atoms with van der Waals surface area (Å²) >= 11 is 13.7. The zero-order valence-electron chi connectivity index (χ0n) is 11.5. The molecule has 20 heavy (non-hydrogen) atoms. The average Bonchev–Trinajstić information content (AvgIpc) is 2.87. The molecule has 0 fully saturated rings. The number of thioether (sulfide) groups is 1. The minimum absolute atomic E-state index is 0.180. The second-order valence-electron chi connectivity index (χ2n) is 4.58. The Balaban J connectivity index is 1.93. The molecule has 5 heteroatoms. The predicted octanol–water partition coefficient (Wildman–Crippen LogP) is 5.30. The highest BCUT2D eigenvalue weighted by molar-refractivity contribution is 7.97. The Labute approximate surface area is 133 Å². The topological polar surface area (TPSA) is 25.2 Å². The Morgan fingerprint density at radius 2 is 1.90 bits per heavy atom. The molecule has 1 aromatic heterocycles. The van der Waals surface area contributed by atoms with E-state index in [1.165, 1.54) is 0 Å². The van der Waals surface area contributed by atoms with Crippen LogP contribution in [-0.4, -0.2) is 6.26 Å². The Kier molecular flexibility index (Phi) is 5.85. The highest BCUT2D eigenvalue weighted by atomic mass is 35.5. The van der Waals surface area contributed by atoms with Crippen LogP contribution in [0.15, 0.2) is 34.7 Å². The summed E-state index contributed by atoms with van der Waals surface area (Å²) in [7, 11) is 0. The van der Waals surface area contributed by atoms with Gasteiger partial charge in [0.2, 0.25) is 0 Å². The Morgan fingerprint density at radius 3 is 2.60 bits per heavy atom. The number of nitrogens with one attached hydrogen (secondary N) is 1. The molecular formula is C15H17Cl2NOS. The van der Waals surface area contributed by atoms with E-state index in [1.54, 1.807) is 11.8 Å². The van der Waals surface area contributed by atoms with Crippen LogP contribution >= 0.6 is 35.0 Å². The monoisotopic (exact) mass is 329 g/mol. The molecule has 1 unspecified atom stereocenters. The highest BCUT2D eigenvalue weighted by Crippen LogP contribution is 2.25. The first-order valence-electron chi connectivity index (χ1n) is 6.35. The normalized spacial score (nSPS) is 12.6. The van der Waals surface area contributed by atoms with Crippen molar-refractivity contribution in [3.05, 3.63) is 57.5 Å². The Bertz CT molecular complexity index is 571. The van der Waals surface area contributed by atoms with E-state index in [2.05, 4.69) is 18.5 Å². The van der Waals surface area contributed by atoms with Gasteiger partial charge in [-0.05, 0) is 43.0 Å². The van der Waals surface area contributed by atoms with E-state index < -0.39 is 0 Å². The minimum atomic E-state index is 0.180. The zero-order chi connectivity index (χ0) is 14.5. The molecule has 0 saturated heterocycles. The van der Waals surface area contributed by atoms with Crippen molar-refractivity contribution in [1.29, 1.82) is 0 Å². The van der Waals surface area contributed by atoms with E-state index in [4.69, 9.17) is 27.6 Å². The average molecular weight is 330 g/mol. The predicted molar refractivity (Wildman–Crippen MR) is 87.6 cm³/mol. The van der Waals surface area contributed by atoms with Crippen LogP contribution in [0.2, 0.25) is 10.0 Å². The quantitative estimate of drug-likeness (QED) is 0.778. The standard InChI is InChI=1S/C15H17Cl2NOS/c1-10(11-3-6-14(16)15(17)7-11)18-8-12-4-5-13(19-12)9-20-2/h3-7,10,18H,8-9H2,1-2H3. The van der Waals surface area contributed by atoms with Crippen molar-refractivity contribution in [3.8, 4) is 0 Å². The van der Waals surface area contributed by atoms with Gasteiger partial charge in [0.25, 0.3) is 0 Å². The first-order valence-corrected chi connectivity index (χ1v) is 8.50. The van der Waals surface area contributed by atoms with Crippen molar-refractivity contribution in [3.63, 3.8) is 0 Å². The molecule has 0 aliphatic heterocycles. The minimum Gasteiger partial charge on any atom is -0.464 e. The van der Waals surface area contributed by atoms with Gasteiger partial charge in [-0.25, -0.2) is 0 Å². The van der Waals surface area contributed by atoms with Gasteiger partial charge in [0.05, 0.1) is 22.3 Å². The Hall–Kier alpha value is -0.610. The van der Waals surface area contributed by atoms with Gasteiger partial charge >= 0.3 is 0 Å². The molecule has 108 valence electrons. The van der Waals surface area contributed by atoms with E-state index in [0.29, 0.717) is 16.6 Å². The van der Waals surface area contributed by atoms with Gasteiger partial charge in [-0.15, -0.1) is 0 Å². The molecule has 0 aliphatic carbocycles. The summed E-state index contributed by atoms with van der Waals surface area (Å²) in [6.45, 7) is 2.78. The molecule has 1 N–H and O–H groups in total. The van der Waals surface area contributed by atoms with Crippen LogP contribution in [-0.2, 0) is 12.3 Å². The van der Waals surface area contributed by atoms with Crippen molar-refractivity contribution < 1.29 is 4.42 Å². The number of hydrogen-bond acceptors (Lipinski definition) is 3. The van der Waals surface area contributed by atoms with Gasteiger partial charge in [-0.1, -0.05) is 29.3 Å². The van der Waals surface area contributed by atoms with Gasteiger partial charge in [0, 0.05) is 6.04 Å². The summed E-state index contributed by atoms with van der Waals surface area (Å²) in [6, 6.07) is 9.91. The molecule has 1 atom stereocenters. The van der Waals surface area contributed by atoms with Crippen LogP contribution in [0.4, 0.5) is 0 Å². The molecule has 0 spiro atoms. The number of hydrogen-bond donors (Lipinski definition) is 1. The Morgan fingerprint density at radius 1 is 1.15 bits per heavy atom. The van der Waals surface area contributed by atoms with Crippen molar-refractivity contribution >= 4 is 35.0 Å². The molecule has 0 amide bonds. The highest BCUT2D eigenvalue weighted by Gasteiger charge is 2.09. The molecule has 0 aliphatic rings. The maximum absolute atomic E-state index is 6.03. The molecule has 0 radical (unpaired) electrons.